The molecular weight excluding hydrogens is 298 g/mol. The Morgan fingerprint density at radius 1 is 1.05 bits per heavy atom. The SMILES string of the molecule is CC[C@@H](C(=O)O)C(N)Cc1ccc(-c2ccccc2)cc1.Cl. The molecule has 0 fully saturated rings. The van der Waals surface area contributed by atoms with Gasteiger partial charge in [0.05, 0.1) is 5.92 Å². The highest BCUT2D eigenvalue weighted by molar-refractivity contribution is 5.85. The number of benzene rings is 2. The summed E-state index contributed by atoms with van der Waals surface area (Å²) in [6.07, 6.45) is 1.14. The number of aliphatic carboxylic acids is 1. The maximum Gasteiger partial charge on any atom is 0.308 e. The fourth-order valence-electron chi connectivity index (χ4n) is 2.54. The molecule has 0 heterocycles. The van der Waals surface area contributed by atoms with Gasteiger partial charge in [0.2, 0.25) is 0 Å². The fraction of sp³-hybridized carbons (Fsp3) is 0.278. The first-order valence-corrected chi connectivity index (χ1v) is 7.24. The second-order valence-electron chi connectivity index (χ2n) is 5.28. The quantitative estimate of drug-likeness (QED) is 0.852. The van der Waals surface area contributed by atoms with Crippen LogP contribution in [0.1, 0.15) is 18.9 Å². The summed E-state index contributed by atoms with van der Waals surface area (Å²) < 4.78 is 0. The summed E-state index contributed by atoms with van der Waals surface area (Å²) in [4.78, 5) is 11.1. The Kier molecular flexibility index (Phi) is 7.09. The van der Waals surface area contributed by atoms with E-state index in [2.05, 4.69) is 24.3 Å². The van der Waals surface area contributed by atoms with E-state index in [4.69, 9.17) is 10.8 Å². The molecule has 3 N–H and O–H groups in total. The van der Waals surface area contributed by atoms with E-state index in [1.807, 2.05) is 37.3 Å². The minimum atomic E-state index is -0.814. The maximum atomic E-state index is 11.1. The van der Waals surface area contributed by atoms with Gasteiger partial charge in [-0.25, -0.2) is 0 Å². The normalized spacial score (nSPS) is 13.0. The van der Waals surface area contributed by atoms with Crippen LogP contribution in [0.25, 0.3) is 11.1 Å². The summed E-state index contributed by atoms with van der Waals surface area (Å²) in [5.74, 6) is -1.30. The predicted octanol–water partition coefficient (Wildman–Crippen LogP) is 3.76. The zero-order valence-electron chi connectivity index (χ0n) is 12.6. The average Bonchev–Trinajstić information content (AvgIpc) is 2.49. The van der Waals surface area contributed by atoms with Crippen LogP contribution in [0.15, 0.2) is 54.6 Å². The van der Waals surface area contributed by atoms with E-state index in [1.54, 1.807) is 0 Å². The molecule has 0 radical (unpaired) electrons. The van der Waals surface area contributed by atoms with Crippen molar-refractivity contribution in [3.05, 3.63) is 60.2 Å². The number of halogens is 1. The van der Waals surface area contributed by atoms with Gasteiger partial charge in [0.1, 0.15) is 0 Å². The van der Waals surface area contributed by atoms with Gasteiger partial charge in [-0.15, -0.1) is 12.4 Å². The minimum absolute atomic E-state index is 0. The van der Waals surface area contributed by atoms with Crippen molar-refractivity contribution in [2.45, 2.75) is 25.8 Å². The Hall–Kier alpha value is -1.84. The van der Waals surface area contributed by atoms with Crippen molar-refractivity contribution in [2.75, 3.05) is 0 Å². The molecule has 22 heavy (non-hydrogen) atoms. The van der Waals surface area contributed by atoms with Gasteiger partial charge < -0.3 is 10.8 Å². The smallest absolute Gasteiger partial charge is 0.308 e. The molecule has 0 spiro atoms. The maximum absolute atomic E-state index is 11.1. The third kappa shape index (κ3) is 4.58. The summed E-state index contributed by atoms with van der Waals surface area (Å²) in [5.41, 5.74) is 9.42. The second-order valence-corrected chi connectivity index (χ2v) is 5.28. The van der Waals surface area contributed by atoms with Crippen LogP contribution in [0.3, 0.4) is 0 Å². The Morgan fingerprint density at radius 2 is 1.59 bits per heavy atom. The molecule has 0 saturated heterocycles. The van der Waals surface area contributed by atoms with Crippen LogP contribution < -0.4 is 5.73 Å². The average molecular weight is 320 g/mol. The number of carbonyl (C=O) groups is 1. The van der Waals surface area contributed by atoms with E-state index < -0.39 is 11.9 Å². The predicted molar refractivity (Wildman–Crippen MR) is 92.2 cm³/mol. The third-order valence-corrected chi connectivity index (χ3v) is 3.81. The summed E-state index contributed by atoms with van der Waals surface area (Å²) >= 11 is 0. The lowest BCUT2D eigenvalue weighted by Crippen LogP contribution is -2.36. The molecule has 2 rings (SSSR count). The van der Waals surface area contributed by atoms with Crippen LogP contribution >= 0.6 is 12.4 Å². The third-order valence-electron chi connectivity index (χ3n) is 3.81. The standard InChI is InChI=1S/C18H21NO2.ClH/c1-2-16(18(20)21)17(19)12-13-8-10-15(11-9-13)14-6-4-3-5-7-14;/h3-11,16-17H,2,12,19H2,1H3,(H,20,21);1H/t16-,17?;/m1./s1. The highest BCUT2D eigenvalue weighted by Gasteiger charge is 2.23. The van der Waals surface area contributed by atoms with Gasteiger partial charge in [0.15, 0.2) is 0 Å². The molecule has 0 amide bonds. The van der Waals surface area contributed by atoms with E-state index in [1.165, 1.54) is 5.56 Å². The van der Waals surface area contributed by atoms with Crippen molar-refractivity contribution < 1.29 is 9.90 Å². The van der Waals surface area contributed by atoms with Crippen LogP contribution in [0.2, 0.25) is 0 Å². The number of rotatable bonds is 6. The largest absolute Gasteiger partial charge is 0.481 e. The number of hydrogen-bond donors (Lipinski definition) is 2. The van der Waals surface area contributed by atoms with E-state index in [0.717, 1.165) is 11.1 Å². The van der Waals surface area contributed by atoms with Gasteiger partial charge >= 0.3 is 5.97 Å². The Bertz CT molecular complexity index is 584. The molecule has 4 heteroatoms. The van der Waals surface area contributed by atoms with Crippen LogP contribution in [0.5, 0.6) is 0 Å². The van der Waals surface area contributed by atoms with Gasteiger partial charge in [-0.3, -0.25) is 4.79 Å². The number of hydrogen-bond acceptors (Lipinski definition) is 2. The zero-order chi connectivity index (χ0) is 15.2. The lowest BCUT2D eigenvalue weighted by atomic mass is 9.91. The topological polar surface area (TPSA) is 63.3 Å². The molecule has 118 valence electrons. The van der Waals surface area contributed by atoms with Gasteiger partial charge in [-0.2, -0.15) is 0 Å². The lowest BCUT2D eigenvalue weighted by molar-refractivity contribution is -0.142. The van der Waals surface area contributed by atoms with Crippen LogP contribution in [-0.2, 0) is 11.2 Å². The molecule has 1 unspecified atom stereocenters. The monoisotopic (exact) mass is 319 g/mol. The molecular formula is C18H22ClNO2. The fourth-order valence-corrected chi connectivity index (χ4v) is 2.54. The molecule has 0 saturated carbocycles. The molecule has 2 aromatic carbocycles. The number of carboxylic acid groups (broad SMARTS) is 1. The van der Waals surface area contributed by atoms with Crippen molar-refractivity contribution in [2.24, 2.45) is 11.7 Å². The van der Waals surface area contributed by atoms with Gasteiger partial charge in [-0.1, -0.05) is 61.5 Å². The van der Waals surface area contributed by atoms with Crippen LogP contribution in [0.4, 0.5) is 0 Å². The first-order chi connectivity index (χ1) is 10.1. The van der Waals surface area contributed by atoms with Crippen molar-refractivity contribution in [3.8, 4) is 11.1 Å². The molecule has 0 bridgehead atoms. The van der Waals surface area contributed by atoms with E-state index in [-0.39, 0.29) is 18.4 Å². The zero-order valence-corrected chi connectivity index (χ0v) is 13.4. The summed E-state index contributed by atoms with van der Waals surface area (Å²) in [5, 5.41) is 9.13. The van der Waals surface area contributed by atoms with Crippen LogP contribution in [0, 0.1) is 5.92 Å². The van der Waals surface area contributed by atoms with Gasteiger partial charge in [0.25, 0.3) is 0 Å². The highest BCUT2D eigenvalue weighted by atomic mass is 35.5. The number of nitrogens with two attached hydrogens (primary N) is 1. The molecule has 2 aromatic rings. The van der Waals surface area contributed by atoms with Gasteiger partial charge in [-0.05, 0) is 29.5 Å². The Balaban J connectivity index is 0.00000242. The van der Waals surface area contributed by atoms with E-state index in [9.17, 15) is 4.79 Å². The second kappa shape index (κ2) is 8.57. The highest BCUT2D eigenvalue weighted by Crippen LogP contribution is 2.20. The van der Waals surface area contributed by atoms with E-state index in [0.29, 0.717) is 12.8 Å². The lowest BCUT2D eigenvalue weighted by Gasteiger charge is -2.18. The molecule has 0 aliphatic carbocycles. The molecule has 0 aliphatic rings. The molecule has 2 atom stereocenters. The Labute approximate surface area is 137 Å². The Morgan fingerprint density at radius 3 is 2.09 bits per heavy atom. The first kappa shape index (κ1) is 18.2. The van der Waals surface area contributed by atoms with Crippen molar-refractivity contribution in [1.29, 1.82) is 0 Å². The van der Waals surface area contributed by atoms with Crippen LogP contribution in [-0.4, -0.2) is 17.1 Å². The molecule has 3 nitrogen and oxygen atoms in total. The molecule has 0 aliphatic heterocycles. The summed E-state index contributed by atoms with van der Waals surface area (Å²) in [6, 6.07) is 18.0. The summed E-state index contributed by atoms with van der Waals surface area (Å²) in [6.45, 7) is 1.86. The van der Waals surface area contributed by atoms with Gasteiger partial charge in [0, 0.05) is 6.04 Å². The summed E-state index contributed by atoms with van der Waals surface area (Å²) in [7, 11) is 0. The minimum Gasteiger partial charge on any atom is -0.481 e. The molecule has 0 aromatic heterocycles. The first-order valence-electron chi connectivity index (χ1n) is 7.24. The number of carboxylic acids is 1. The van der Waals surface area contributed by atoms with Crippen molar-refractivity contribution >= 4 is 18.4 Å². The van der Waals surface area contributed by atoms with Crippen molar-refractivity contribution in [1.82, 2.24) is 0 Å². The van der Waals surface area contributed by atoms with E-state index >= 15 is 0 Å². The van der Waals surface area contributed by atoms with Crippen molar-refractivity contribution in [3.63, 3.8) is 0 Å².